The molecule has 1 heterocycles. The lowest BCUT2D eigenvalue weighted by atomic mass is 10.2. The lowest BCUT2D eigenvalue weighted by molar-refractivity contribution is 0.101. The Morgan fingerprint density at radius 3 is 2.59 bits per heavy atom. The summed E-state index contributed by atoms with van der Waals surface area (Å²) in [5, 5.41) is 0. The van der Waals surface area contributed by atoms with Gasteiger partial charge in [-0.15, -0.1) is 0 Å². The summed E-state index contributed by atoms with van der Waals surface area (Å²) in [4.78, 5) is 34.6. The van der Waals surface area contributed by atoms with Gasteiger partial charge in [0, 0.05) is 19.9 Å². The molecule has 0 amide bonds. The van der Waals surface area contributed by atoms with Gasteiger partial charge in [-0.3, -0.25) is 18.7 Å². The van der Waals surface area contributed by atoms with E-state index >= 15 is 0 Å². The molecule has 0 atom stereocenters. The number of aromatic nitrogens is 2. The molecule has 0 unspecified atom stereocenters. The maximum Gasteiger partial charge on any atom is 0.330 e. The fourth-order valence-electron chi connectivity index (χ4n) is 1.44. The number of hydrogen-bond acceptors (Lipinski definition) is 4. The van der Waals surface area contributed by atoms with Gasteiger partial charge in [0.2, 0.25) is 0 Å². The number of hydrogen-bond donors (Lipinski definition) is 0. The molecule has 0 N–H and O–H groups in total. The van der Waals surface area contributed by atoms with Crippen LogP contribution in [0.2, 0.25) is 0 Å². The van der Waals surface area contributed by atoms with Crippen LogP contribution in [0.3, 0.4) is 0 Å². The normalized spacial score (nSPS) is 10.5. The van der Waals surface area contributed by atoms with Crippen molar-refractivity contribution < 1.29 is 9.53 Å². The molecule has 1 aromatic rings. The van der Waals surface area contributed by atoms with Crippen LogP contribution < -0.4 is 11.2 Å². The van der Waals surface area contributed by atoms with Gasteiger partial charge in [0.25, 0.3) is 5.56 Å². The molecular formula is C11H16N2O4. The number of ether oxygens (including phenoxy) is 1. The Bertz CT molecular complexity index is 527. The number of Topliss-reactive ketones (excluding diaryl/α,β-unsaturated/α-hetero) is 1. The van der Waals surface area contributed by atoms with E-state index in [4.69, 9.17) is 4.74 Å². The van der Waals surface area contributed by atoms with E-state index in [0.29, 0.717) is 19.8 Å². The third-order valence-electron chi connectivity index (χ3n) is 2.41. The maximum atomic E-state index is 11.7. The molecule has 0 aliphatic rings. The highest BCUT2D eigenvalue weighted by atomic mass is 16.5. The minimum atomic E-state index is -0.560. The summed E-state index contributed by atoms with van der Waals surface area (Å²) >= 11 is 0. The summed E-state index contributed by atoms with van der Waals surface area (Å²) < 4.78 is 7.38. The van der Waals surface area contributed by atoms with Crippen molar-refractivity contribution in [1.82, 2.24) is 9.13 Å². The third kappa shape index (κ3) is 2.91. The lowest BCUT2D eigenvalue weighted by Gasteiger charge is -2.09. The van der Waals surface area contributed by atoms with Gasteiger partial charge < -0.3 is 4.74 Å². The molecule has 0 aliphatic carbocycles. The van der Waals surface area contributed by atoms with Gasteiger partial charge in [-0.25, -0.2) is 4.79 Å². The van der Waals surface area contributed by atoms with Crippen LogP contribution in [0.4, 0.5) is 0 Å². The fraction of sp³-hybridized carbons (Fsp3) is 0.545. The van der Waals surface area contributed by atoms with Gasteiger partial charge in [0.1, 0.15) is 0 Å². The van der Waals surface area contributed by atoms with Crippen LogP contribution in [0, 0.1) is 0 Å². The number of carbonyl (C=O) groups is 1. The minimum Gasteiger partial charge on any atom is -0.380 e. The van der Waals surface area contributed by atoms with Crippen LogP contribution in [0.15, 0.2) is 15.8 Å². The summed E-state index contributed by atoms with van der Waals surface area (Å²) in [6.07, 6.45) is 1.30. The predicted molar refractivity (Wildman–Crippen MR) is 62.4 cm³/mol. The highest BCUT2D eigenvalue weighted by Crippen LogP contribution is 1.91. The second-order valence-corrected chi connectivity index (χ2v) is 3.64. The molecule has 17 heavy (non-hydrogen) atoms. The van der Waals surface area contributed by atoms with Crippen LogP contribution in [-0.2, 0) is 18.3 Å². The Morgan fingerprint density at radius 1 is 1.41 bits per heavy atom. The standard InChI is InChI=1S/C11H16N2O4/c1-4-17-6-5-13-7-9(8(2)14)10(15)12(3)11(13)16/h7H,4-6H2,1-3H3. The molecule has 1 rings (SSSR count). The highest BCUT2D eigenvalue weighted by Gasteiger charge is 2.11. The van der Waals surface area contributed by atoms with Crippen LogP contribution in [0.5, 0.6) is 0 Å². The van der Waals surface area contributed by atoms with E-state index < -0.39 is 11.2 Å². The summed E-state index contributed by atoms with van der Waals surface area (Å²) in [5.41, 5.74) is -0.988. The summed E-state index contributed by atoms with van der Waals surface area (Å²) in [5.74, 6) is -0.351. The van der Waals surface area contributed by atoms with E-state index in [2.05, 4.69) is 0 Å². The van der Waals surface area contributed by atoms with Gasteiger partial charge in [-0.2, -0.15) is 0 Å². The first-order valence-corrected chi connectivity index (χ1v) is 5.38. The smallest absolute Gasteiger partial charge is 0.330 e. The van der Waals surface area contributed by atoms with Gasteiger partial charge in [-0.05, 0) is 13.8 Å². The number of ketones is 1. The Morgan fingerprint density at radius 2 is 2.06 bits per heavy atom. The van der Waals surface area contributed by atoms with E-state index in [1.165, 1.54) is 24.7 Å². The fourth-order valence-corrected chi connectivity index (χ4v) is 1.44. The third-order valence-corrected chi connectivity index (χ3v) is 2.41. The van der Waals surface area contributed by atoms with Crippen LogP contribution in [0.1, 0.15) is 24.2 Å². The average molecular weight is 240 g/mol. The monoisotopic (exact) mass is 240 g/mol. The summed E-state index contributed by atoms with van der Waals surface area (Å²) in [6.45, 7) is 4.39. The zero-order valence-corrected chi connectivity index (χ0v) is 10.2. The van der Waals surface area contributed by atoms with Crippen molar-refractivity contribution in [3.63, 3.8) is 0 Å². The second kappa shape index (κ2) is 5.58. The highest BCUT2D eigenvalue weighted by molar-refractivity contribution is 5.93. The predicted octanol–water partition coefficient (Wildman–Crippen LogP) is -0.214. The van der Waals surface area contributed by atoms with Crippen LogP contribution >= 0.6 is 0 Å². The van der Waals surface area contributed by atoms with Crippen molar-refractivity contribution in [2.75, 3.05) is 13.2 Å². The zero-order chi connectivity index (χ0) is 13.0. The van der Waals surface area contributed by atoms with E-state index in [9.17, 15) is 14.4 Å². The van der Waals surface area contributed by atoms with Gasteiger partial charge in [-0.1, -0.05) is 0 Å². The molecule has 0 bridgehead atoms. The molecule has 0 saturated carbocycles. The Kier molecular flexibility index (Phi) is 4.39. The molecule has 0 fully saturated rings. The molecule has 0 aromatic carbocycles. The van der Waals surface area contributed by atoms with Gasteiger partial charge in [0.05, 0.1) is 18.7 Å². The van der Waals surface area contributed by atoms with E-state index in [0.717, 1.165) is 4.57 Å². The molecule has 1 aromatic heterocycles. The summed E-state index contributed by atoms with van der Waals surface area (Å²) in [6, 6.07) is 0. The second-order valence-electron chi connectivity index (χ2n) is 3.64. The van der Waals surface area contributed by atoms with E-state index in [-0.39, 0.29) is 11.3 Å². The first kappa shape index (κ1) is 13.4. The Labute approximate surface area is 98.4 Å². The van der Waals surface area contributed by atoms with Crippen molar-refractivity contribution in [2.24, 2.45) is 7.05 Å². The van der Waals surface area contributed by atoms with Crippen molar-refractivity contribution >= 4 is 5.78 Å². The molecule has 0 radical (unpaired) electrons. The van der Waals surface area contributed by atoms with Crippen molar-refractivity contribution in [3.8, 4) is 0 Å². The summed E-state index contributed by atoms with van der Waals surface area (Å²) in [7, 11) is 1.36. The van der Waals surface area contributed by atoms with Crippen molar-refractivity contribution in [3.05, 3.63) is 32.6 Å². The van der Waals surface area contributed by atoms with Gasteiger partial charge in [0.15, 0.2) is 5.78 Å². The van der Waals surface area contributed by atoms with Crippen LogP contribution in [0.25, 0.3) is 0 Å². The SMILES string of the molecule is CCOCCn1cc(C(C)=O)c(=O)n(C)c1=O. The maximum absolute atomic E-state index is 11.7. The number of rotatable bonds is 5. The number of carbonyl (C=O) groups excluding carboxylic acids is 1. The molecule has 6 heteroatoms. The minimum absolute atomic E-state index is 0.0172. The average Bonchev–Trinajstić information content (AvgIpc) is 2.29. The zero-order valence-electron chi connectivity index (χ0n) is 10.2. The van der Waals surface area contributed by atoms with E-state index in [1.807, 2.05) is 6.92 Å². The largest absolute Gasteiger partial charge is 0.380 e. The molecule has 0 spiro atoms. The van der Waals surface area contributed by atoms with Crippen molar-refractivity contribution in [1.29, 1.82) is 0 Å². The quantitative estimate of drug-likeness (QED) is 0.527. The van der Waals surface area contributed by atoms with E-state index in [1.54, 1.807) is 0 Å². The molecular weight excluding hydrogens is 224 g/mol. The topological polar surface area (TPSA) is 70.3 Å². The molecule has 6 nitrogen and oxygen atoms in total. The first-order chi connectivity index (χ1) is 7.99. The molecule has 94 valence electrons. The molecule has 0 saturated heterocycles. The first-order valence-electron chi connectivity index (χ1n) is 5.38. The lowest BCUT2D eigenvalue weighted by Crippen LogP contribution is -2.40. The number of nitrogens with zero attached hydrogens (tertiary/aromatic N) is 2. The van der Waals surface area contributed by atoms with Crippen molar-refractivity contribution in [2.45, 2.75) is 20.4 Å². The molecule has 0 aliphatic heterocycles. The van der Waals surface area contributed by atoms with Gasteiger partial charge >= 0.3 is 5.69 Å². The Balaban J connectivity index is 3.18. The van der Waals surface area contributed by atoms with Crippen LogP contribution in [-0.4, -0.2) is 28.1 Å². The Hall–Kier alpha value is -1.69.